The highest BCUT2D eigenvalue weighted by Crippen LogP contribution is 2.24. The summed E-state index contributed by atoms with van der Waals surface area (Å²) < 4.78 is 5.00. The van der Waals surface area contributed by atoms with Gasteiger partial charge in [0.05, 0.1) is 12.7 Å². The lowest BCUT2D eigenvalue weighted by Crippen LogP contribution is -2.31. The number of phenolic OH excluding ortho intramolecular Hbond substituents is 1. The van der Waals surface area contributed by atoms with Crippen molar-refractivity contribution in [3.63, 3.8) is 0 Å². The summed E-state index contributed by atoms with van der Waals surface area (Å²) in [5, 5.41) is 9.84. The summed E-state index contributed by atoms with van der Waals surface area (Å²) in [5.41, 5.74) is 0.328. The summed E-state index contributed by atoms with van der Waals surface area (Å²) in [6, 6.07) is 4.74. The van der Waals surface area contributed by atoms with Gasteiger partial charge in [0.25, 0.3) is 5.91 Å². The molecule has 4 heteroatoms. The normalized spacial score (nSPS) is 10.2. The van der Waals surface area contributed by atoms with Crippen LogP contribution in [0.15, 0.2) is 18.2 Å². The van der Waals surface area contributed by atoms with E-state index in [1.165, 1.54) is 13.2 Å². The Bertz CT molecular complexity index is 404. The maximum absolute atomic E-state index is 12.2. The quantitative estimate of drug-likeness (QED) is 0.845. The molecule has 0 aliphatic carbocycles. The molecule has 0 spiro atoms. The smallest absolute Gasteiger partial charge is 0.257 e. The minimum Gasteiger partial charge on any atom is -0.507 e. The number of unbranched alkanes of at least 4 members (excludes halogenated alkanes) is 1. The fourth-order valence-corrected chi connectivity index (χ4v) is 1.74. The molecule has 1 amide bonds. The number of carbonyl (C=O) groups excluding carboxylic acids is 1. The molecule has 4 nitrogen and oxygen atoms in total. The van der Waals surface area contributed by atoms with Gasteiger partial charge in [-0.2, -0.15) is 0 Å². The molecule has 1 rings (SSSR count). The first-order valence-corrected chi connectivity index (χ1v) is 6.30. The number of aromatic hydroxyl groups is 1. The first-order chi connectivity index (χ1) is 8.63. The van der Waals surface area contributed by atoms with E-state index in [0.717, 1.165) is 19.4 Å². The third-order valence-corrected chi connectivity index (χ3v) is 2.89. The maximum Gasteiger partial charge on any atom is 0.257 e. The van der Waals surface area contributed by atoms with Crippen molar-refractivity contribution in [3.05, 3.63) is 23.8 Å². The van der Waals surface area contributed by atoms with Crippen LogP contribution in [0.4, 0.5) is 0 Å². The van der Waals surface area contributed by atoms with Gasteiger partial charge in [0.1, 0.15) is 11.5 Å². The van der Waals surface area contributed by atoms with Crippen LogP contribution >= 0.6 is 0 Å². The predicted octanol–water partition coefficient (Wildman–Crippen LogP) is 2.66. The molecule has 0 saturated carbocycles. The van der Waals surface area contributed by atoms with Crippen LogP contribution in [0, 0.1) is 0 Å². The van der Waals surface area contributed by atoms with Crippen LogP contribution in [0.25, 0.3) is 0 Å². The van der Waals surface area contributed by atoms with Gasteiger partial charge in [0, 0.05) is 19.2 Å². The number of hydrogen-bond acceptors (Lipinski definition) is 3. The van der Waals surface area contributed by atoms with Gasteiger partial charge in [0.2, 0.25) is 0 Å². The van der Waals surface area contributed by atoms with Crippen molar-refractivity contribution in [1.82, 2.24) is 4.90 Å². The number of amides is 1. The van der Waals surface area contributed by atoms with E-state index >= 15 is 0 Å². The molecule has 0 heterocycles. The highest BCUT2D eigenvalue weighted by Gasteiger charge is 2.17. The second kappa shape index (κ2) is 6.89. The zero-order valence-corrected chi connectivity index (χ0v) is 11.3. The average molecular weight is 251 g/mol. The van der Waals surface area contributed by atoms with Crippen LogP contribution in [-0.4, -0.2) is 36.1 Å². The van der Waals surface area contributed by atoms with Crippen molar-refractivity contribution in [2.45, 2.75) is 26.7 Å². The van der Waals surface area contributed by atoms with Gasteiger partial charge < -0.3 is 14.7 Å². The zero-order chi connectivity index (χ0) is 13.5. The minimum absolute atomic E-state index is 0.0331. The Kier molecular flexibility index (Phi) is 5.49. The molecule has 1 N–H and O–H groups in total. The molecule has 0 saturated heterocycles. The molecule has 0 bridgehead atoms. The van der Waals surface area contributed by atoms with Crippen LogP contribution in [0.1, 0.15) is 37.0 Å². The van der Waals surface area contributed by atoms with Crippen molar-refractivity contribution >= 4 is 5.91 Å². The predicted molar refractivity (Wildman–Crippen MR) is 71.1 cm³/mol. The first-order valence-electron chi connectivity index (χ1n) is 6.30. The summed E-state index contributed by atoms with van der Waals surface area (Å²) in [4.78, 5) is 14.0. The van der Waals surface area contributed by atoms with E-state index in [1.54, 1.807) is 17.0 Å². The standard InChI is InChI=1S/C14H21NO3/c1-4-6-9-15(5-2)14(17)12-8-7-11(18-3)10-13(12)16/h7-8,10,16H,4-6,9H2,1-3H3. The highest BCUT2D eigenvalue weighted by molar-refractivity contribution is 5.97. The van der Waals surface area contributed by atoms with Crippen LogP contribution < -0.4 is 4.74 Å². The zero-order valence-electron chi connectivity index (χ0n) is 11.3. The maximum atomic E-state index is 12.2. The topological polar surface area (TPSA) is 49.8 Å². The molecule has 0 atom stereocenters. The highest BCUT2D eigenvalue weighted by atomic mass is 16.5. The van der Waals surface area contributed by atoms with Crippen LogP contribution in [0.2, 0.25) is 0 Å². The lowest BCUT2D eigenvalue weighted by atomic mass is 10.1. The fraction of sp³-hybridized carbons (Fsp3) is 0.500. The summed E-state index contributed by atoms with van der Waals surface area (Å²) in [6.45, 7) is 5.39. The number of rotatable bonds is 6. The van der Waals surface area contributed by atoms with Crippen LogP contribution in [0.3, 0.4) is 0 Å². The molecule has 0 fully saturated rings. The summed E-state index contributed by atoms with van der Waals surface area (Å²) in [5.74, 6) is 0.376. The van der Waals surface area contributed by atoms with E-state index in [0.29, 0.717) is 17.9 Å². The Balaban J connectivity index is 2.87. The molecule has 0 aliphatic rings. The number of benzene rings is 1. The van der Waals surface area contributed by atoms with Gasteiger partial charge in [-0.05, 0) is 25.5 Å². The van der Waals surface area contributed by atoms with Gasteiger partial charge in [-0.25, -0.2) is 0 Å². The number of methoxy groups -OCH3 is 1. The Labute approximate surface area is 108 Å². The molecule has 0 aromatic heterocycles. The largest absolute Gasteiger partial charge is 0.507 e. The van der Waals surface area contributed by atoms with Gasteiger partial charge >= 0.3 is 0 Å². The minimum atomic E-state index is -0.133. The van der Waals surface area contributed by atoms with E-state index in [1.807, 2.05) is 6.92 Å². The van der Waals surface area contributed by atoms with Crippen molar-refractivity contribution in [2.75, 3.05) is 20.2 Å². The summed E-state index contributed by atoms with van der Waals surface area (Å²) >= 11 is 0. The second-order valence-electron chi connectivity index (χ2n) is 4.12. The van der Waals surface area contributed by atoms with E-state index in [-0.39, 0.29) is 11.7 Å². The van der Waals surface area contributed by atoms with Gasteiger partial charge in [-0.1, -0.05) is 13.3 Å². The molecule has 0 aliphatic heterocycles. The molecule has 100 valence electrons. The third kappa shape index (κ3) is 3.39. The lowest BCUT2D eigenvalue weighted by molar-refractivity contribution is 0.0759. The number of phenols is 1. The molecule has 0 unspecified atom stereocenters. The first kappa shape index (κ1) is 14.4. The number of carbonyl (C=O) groups is 1. The van der Waals surface area contributed by atoms with Gasteiger partial charge in [-0.15, -0.1) is 0 Å². The van der Waals surface area contributed by atoms with Crippen molar-refractivity contribution in [3.8, 4) is 11.5 Å². The Morgan fingerprint density at radius 3 is 2.61 bits per heavy atom. The van der Waals surface area contributed by atoms with E-state index in [4.69, 9.17) is 4.74 Å². The van der Waals surface area contributed by atoms with Crippen LogP contribution in [0.5, 0.6) is 11.5 Å². The number of ether oxygens (including phenoxy) is 1. The van der Waals surface area contributed by atoms with E-state index in [2.05, 4.69) is 6.92 Å². The lowest BCUT2D eigenvalue weighted by Gasteiger charge is -2.21. The third-order valence-electron chi connectivity index (χ3n) is 2.89. The fourth-order valence-electron chi connectivity index (χ4n) is 1.74. The van der Waals surface area contributed by atoms with E-state index in [9.17, 15) is 9.90 Å². The SMILES string of the molecule is CCCCN(CC)C(=O)c1ccc(OC)cc1O. The molecular weight excluding hydrogens is 230 g/mol. The summed E-state index contributed by atoms with van der Waals surface area (Å²) in [6.07, 6.45) is 2.01. The Morgan fingerprint density at radius 2 is 2.11 bits per heavy atom. The van der Waals surface area contributed by atoms with Gasteiger partial charge in [-0.3, -0.25) is 4.79 Å². The molecule has 18 heavy (non-hydrogen) atoms. The van der Waals surface area contributed by atoms with Crippen molar-refractivity contribution in [1.29, 1.82) is 0 Å². The molecule has 0 radical (unpaired) electrons. The Hall–Kier alpha value is -1.71. The Morgan fingerprint density at radius 1 is 1.39 bits per heavy atom. The average Bonchev–Trinajstić information content (AvgIpc) is 2.39. The van der Waals surface area contributed by atoms with Crippen molar-refractivity contribution in [2.24, 2.45) is 0 Å². The van der Waals surface area contributed by atoms with E-state index < -0.39 is 0 Å². The molecule has 1 aromatic carbocycles. The van der Waals surface area contributed by atoms with Gasteiger partial charge in [0.15, 0.2) is 0 Å². The molecule has 1 aromatic rings. The molecular formula is C14H21NO3. The van der Waals surface area contributed by atoms with Crippen molar-refractivity contribution < 1.29 is 14.6 Å². The number of hydrogen-bond donors (Lipinski definition) is 1. The monoisotopic (exact) mass is 251 g/mol. The number of nitrogens with zero attached hydrogens (tertiary/aromatic N) is 1. The second-order valence-corrected chi connectivity index (χ2v) is 4.12. The summed E-state index contributed by atoms with van der Waals surface area (Å²) in [7, 11) is 1.52. The van der Waals surface area contributed by atoms with Crippen LogP contribution in [-0.2, 0) is 0 Å².